The van der Waals surface area contributed by atoms with E-state index in [0.29, 0.717) is 5.88 Å². The lowest BCUT2D eigenvalue weighted by atomic mass is 10.0. The van der Waals surface area contributed by atoms with E-state index in [2.05, 4.69) is 52.1 Å². The summed E-state index contributed by atoms with van der Waals surface area (Å²) in [5.74, 6) is 0.643. The summed E-state index contributed by atoms with van der Waals surface area (Å²) in [5, 5.41) is 1.16. The van der Waals surface area contributed by atoms with E-state index < -0.39 is 0 Å². The number of rotatable bonds is 4. The summed E-state index contributed by atoms with van der Waals surface area (Å²) in [6.07, 6.45) is 6.77. The quantitative estimate of drug-likeness (QED) is 0.648. The van der Waals surface area contributed by atoms with Crippen LogP contribution in [-0.4, -0.2) is 15.4 Å². The average Bonchev–Trinajstić information content (AvgIpc) is 2.89. The Bertz CT molecular complexity index is 661. The van der Waals surface area contributed by atoms with Gasteiger partial charge in [-0.05, 0) is 24.1 Å². The summed E-state index contributed by atoms with van der Waals surface area (Å²) in [7, 11) is 0. The van der Waals surface area contributed by atoms with E-state index in [0.717, 1.165) is 11.8 Å². The summed E-state index contributed by atoms with van der Waals surface area (Å²) in [5.41, 5.74) is 2.49. The predicted octanol–water partition coefficient (Wildman–Crippen LogP) is 4.25. The third-order valence-electron chi connectivity index (χ3n) is 3.42. The first-order valence-electron chi connectivity index (χ1n) is 6.41. The van der Waals surface area contributed by atoms with Gasteiger partial charge in [0.2, 0.25) is 0 Å². The van der Waals surface area contributed by atoms with Crippen molar-refractivity contribution in [3.63, 3.8) is 0 Å². The molecule has 2 aromatic heterocycles. The highest BCUT2D eigenvalue weighted by Gasteiger charge is 2.14. The molecule has 0 amide bonds. The first-order chi connectivity index (χ1) is 9.40. The number of halogens is 1. The van der Waals surface area contributed by atoms with E-state index in [4.69, 9.17) is 11.6 Å². The fourth-order valence-corrected chi connectivity index (χ4v) is 2.73. The van der Waals surface area contributed by atoms with Gasteiger partial charge in [-0.3, -0.25) is 4.98 Å². The lowest BCUT2D eigenvalue weighted by Crippen LogP contribution is -2.10. The SMILES string of the molecule is ClCCC(c1ccccc1)n1ccc2cnccc21. The van der Waals surface area contributed by atoms with E-state index in [1.165, 1.54) is 11.1 Å². The fraction of sp³-hybridized carbons (Fsp3) is 0.188. The summed E-state index contributed by atoms with van der Waals surface area (Å²) in [6.45, 7) is 0. The zero-order chi connectivity index (χ0) is 13.1. The molecule has 3 rings (SSSR count). The first kappa shape index (κ1) is 12.2. The molecular formula is C16H15ClN2. The van der Waals surface area contributed by atoms with Crippen LogP contribution in [0.1, 0.15) is 18.0 Å². The number of benzene rings is 1. The zero-order valence-corrected chi connectivity index (χ0v) is 11.3. The van der Waals surface area contributed by atoms with Gasteiger partial charge >= 0.3 is 0 Å². The Balaban J connectivity index is 2.10. The Hall–Kier alpha value is -1.80. The lowest BCUT2D eigenvalue weighted by Gasteiger charge is -2.19. The molecule has 0 spiro atoms. The van der Waals surface area contributed by atoms with Gasteiger partial charge in [-0.15, -0.1) is 11.6 Å². The Morgan fingerprint density at radius 2 is 1.95 bits per heavy atom. The van der Waals surface area contributed by atoms with E-state index in [-0.39, 0.29) is 6.04 Å². The van der Waals surface area contributed by atoms with Crippen molar-refractivity contribution in [2.45, 2.75) is 12.5 Å². The van der Waals surface area contributed by atoms with Gasteiger partial charge in [0.05, 0.1) is 11.6 Å². The van der Waals surface area contributed by atoms with E-state index >= 15 is 0 Å². The molecule has 3 heteroatoms. The summed E-state index contributed by atoms with van der Waals surface area (Å²) >= 11 is 5.99. The largest absolute Gasteiger partial charge is 0.340 e. The second-order valence-electron chi connectivity index (χ2n) is 4.56. The van der Waals surface area contributed by atoms with Crippen LogP contribution in [0.25, 0.3) is 10.9 Å². The van der Waals surface area contributed by atoms with Gasteiger partial charge in [0.25, 0.3) is 0 Å². The minimum absolute atomic E-state index is 0.276. The van der Waals surface area contributed by atoms with Crippen molar-refractivity contribution in [3.8, 4) is 0 Å². The molecule has 0 aliphatic carbocycles. The molecule has 0 radical (unpaired) electrons. The van der Waals surface area contributed by atoms with Crippen LogP contribution in [-0.2, 0) is 0 Å². The molecule has 96 valence electrons. The minimum Gasteiger partial charge on any atom is -0.340 e. The first-order valence-corrected chi connectivity index (χ1v) is 6.95. The number of pyridine rings is 1. The second kappa shape index (κ2) is 5.45. The molecule has 2 nitrogen and oxygen atoms in total. The number of aromatic nitrogens is 2. The standard InChI is InChI=1S/C16H15ClN2/c17-9-6-15(13-4-2-1-3-5-13)19-11-8-14-12-18-10-7-16(14)19/h1-5,7-8,10-12,15H,6,9H2. The van der Waals surface area contributed by atoms with Crippen molar-refractivity contribution in [2.75, 3.05) is 5.88 Å². The Morgan fingerprint density at radius 1 is 1.11 bits per heavy atom. The van der Waals surface area contributed by atoms with Crippen LogP contribution in [0.15, 0.2) is 61.1 Å². The molecule has 1 aromatic carbocycles. The molecule has 0 N–H and O–H groups in total. The molecule has 0 fully saturated rings. The van der Waals surface area contributed by atoms with Crippen LogP contribution in [0.4, 0.5) is 0 Å². The Kier molecular flexibility index (Phi) is 3.51. The van der Waals surface area contributed by atoms with E-state index in [1.807, 2.05) is 18.5 Å². The van der Waals surface area contributed by atoms with Crippen LogP contribution in [0.3, 0.4) is 0 Å². The highest BCUT2D eigenvalue weighted by Crippen LogP contribution is 2.27. The molecule has 0 aliphatic heterocycles. The predicted molar refractivity (Wildman–Crippen MR) is 79.7 cm³/mol. The maximum Gasteiger partial charge on any atom is 0.0597 e. The Morgan fingerprint density at radius 3 is 2.74 bits per heavy atom. The molecule has 0 bridgehead atoms. The van der Waals surface area contributed by atoms with Crippen LogP contribution in [0.2, 0.25) is 0 Å². The maximum absolute atomic E-state index is 5.99. The van der Waals surface area contributed by atoms with E-state index in [1.54, 1.807) is 0 Å². The van der Waals surface area contributed by atoms with Gasteiger partial charge in [-0.2, -0.15) is 0 Å². The van der Waals surface area contributed by atoms with Gasteiger partial charge in [0.15, 0.2) is 0 Å². The topological polar surface area (TPSA) is 17.8 Å². The van der Waals surface area contributed by atoms with Gasteiger partial charge in [-0.25, -0.2) is 0 Å². The van der Waals surface area contributed by atoms with Crippen molar-refractivity contribution in [1.82, 2.24) is 9.55 Å². The molecule has 19 heavy (non-hydrogen) atoms. The van der Waals surface area contributed by atoms with Crippen molar-refractivity contribution < 1.29 is 0 Å². The summed E-state index contributed by atoms with van der Waals surface area (Å²) in [6, 6.07) is 14.9. The van der Waals surface area contributed by atoms with Gasteiger partial charge in [-0.1, -0.05) is 30.3 Å². The molecule has 3 aromatic rings. The van der Waals surface area contributed by atoms with Crippen LogP contribution in [0.5, 0.6) is 0 Å². The number of alkyl halides is 1. The van der Waals surface area contributed by atoms with Crippen molar-refractivity contribution in [1.29, 1.82) is 0 Å². The molecular weight excluding hydrogens is 256 g/mol. The van der Waals surface area contributed by atoms with Crippen LogP contribution in [0, 0.1) is 0 Å². The maximum atomic E-state index is 5.99. The molecule has 2 heterocycles. The minimum atomic E-state index is 0.276. The second-order valence-corrected chi connectivity index (χ2v) is 4.94. The highest BCUT2D eigenvalue weighted by atomic mass is 35.5. The third kappa shape index (κ3) is 2.36. The number of hydrogen-bond donors (Lipinski definition) is 0. The van der Waals surface area contributed by atoms with Crippen molar-refractivity contribution in [2.24, 2.45) is 0 Å². The van der Waals surface area contributed by atoms with Crippen LogP contribution >= 0.6 is 11.6 Å². The molecule has 0 saturated carbocycles. The number of fused-ring (bicyclic) bond motifs is 1. The molecule has 1 unspecified atom stereocenters. The van der Waals surface area contributed by atoms with Gasteiger partial charge in [0, 0.05) is 29.9 Å². The molecule has 0 aliphatic rings. The number of hydrogen-bond acceptors (Lipinski definition) is 1. The zero-order valence-electron chi connectivity index (χ0n) is 10.5. The van der Waals surface area contributed by atoms with Crippen LogP contribution < -0.4 is 0 Å². The monoisotopic (exact) mass is 270 g/mol. The lowest BCUT2D eigenvalue weighted by molar-refractivity contribution is 0.588. The highest BCUT2D eigenvalue weighted by molar-refractivity contribution is 6.17. The average molecular weight is 271 g/mol. The Labute approximate surface area is 117 Å². The smallest absolute Gasteiger partial charge is 0.0597 e. The normalized spacial score (nSPS) is 12.7. The molecule has 0 saturated heterocycles. The van der Waals surface area contributed by atoms with Gasteiger partial charge < -0.3 is 4.57 Å². The van der Waals surface area contributed by atoms with E-state index in [9.17, 15) is 0 Å². The third-order valence-corrected chi connectivity index (χ3v) is 3.64. The molecule has 1 atom stereocenters. The van der Waals surface area contributed by atoms with Crippen molar-refractivity contribution in [3.05, 3.63) is 66.6 Å². The van der Waals surface area contributed by atoms with Crippen molar-refractivity contribution >= 4 is 22.5 Å². The summed E-state index contributed by atoms with van der Waals surface area (Å²) in [4.78, 5) is 4.16. The number of nitrogens with zero attached hydrogens (tertiary/aromatic N) is 2. The fourth-order valence-electron chi connectivity index (χ4n) is 2.52. The summed E-state index contributed by atoms with van der Waals surface area (Å²) < 4.78 is 2.29. The van der Waals surface area contributed by atoms with Gasteiger partial charge in [0.1, 0.15) is 0 Å².